The van der Waals surface area contributed by atoms with Crippen molar-refractivity contribution < 1.29 is 18.8 Å². The van der Waals surface area contributed by atoms with Crippen molar-refractivity contribution >= 4 is 23.4 Å². The number of hydrogen-bond acceptors (Lipinski definition) is 3. The molecule has 3 aromatic carbocycles. The molecule has 4 rings (SSSR count). The topological polar surface area (TPSA) is 57.7 Å². The minimum absolute atomic E-state index is 0.108. The van der Waals surface area contributed by atoms with Crippen LogP contribution in [0.3, 0.4) is 0 Å². The van der Waals surface area contributed by atoms with E-state index in [1.54, 1.807) is 30.3 Å². The Balaban J connectivity index is 1.64. The van der Waals surface area contributed by atoms with Gasteiger partial charge in [-0.2, -0.15) is 0 Å². The van der Waals surface area contributed by atoms with Crippen molar-refractivity contribution in [1.29, 1.82) is 0 Å². The highest BCUT2D eigenvalue weighted by Gasteiger charge is 2.44. The van der Waals surface area contributed by atoms with Crippen LogP contribution in [0.5, 0.6) is 0 Å². The van der Waals surface area contributed by atoms with E-state index in [0.717, 1.165) is 16.5 Å². The van der Waals surface area contributed by atoms with E-state index in [2.05, 4.69) is 0 Å². The molecule has 0 saturated carbocycles. The number of amides is 3. The Morgan fingerprint density at radius 1 is 0.935 bits per heavy atom. The number of rotatable bonds is 6. The van der Waals surface area contributed by atoms with Gasteiger partial charge >= 0.3 is 0 Å². The lowest BCUT2D eigenvalue weighted by molar-refractivity contribution is -0.122. The van der Waals surface area contributed by atoms with Crippen LogP contribution in [0.4, 0.5) is 10.1 Å². The lowest BCUT2D eigenvalue weighted by atomic mass is 10.1. The second-order valence-corrected chi connectivity index (χ2v) is 7.37. The highest BCUT2D eigenvalue weighted by Crippen LogP contribution is 2.27. The number of imide groups is 1. The molecule has 0 radical (unpaired) electrons. The fourth-order valence-corrected chi connectivity index (χ4v) is 3.79. The van der Waals surface area contributed by atoms with Crippen LogP contribution < -0.4 is 4.90 Å². The van der Waals surface area contributed by atoms with Crippen molar-refractivity contribution in [1.82, 2.24) is 4.90 Å². The summed E-state index contributed by atoms with van der Waals surface area (Å²) in [5.41, 5.74) is 1.61. The number of halogens is 1. The Labute approximate surface area is 179 Å². The minimum Gasteiger partial charge on any atom is -0.326 e. The zero-order valence-corrected chi connectivity index (χ0v) is 16.8. The van der Waals surface area contributed by atoms with Crippen LogP contribution in [0.25, 0.3) is 0 Å². The van der Waals surface area contributed by atoms with Gasteiger partial charge in [0.05, 0.1) is 12.1 Å². The third-order valence-corrected chi connectivity index (χ3v) is 5.33. The van der Waals surface area contributed by atoms with E-state index in [4.69, 9.17) is 0 Å². The van der Waals surface area contributed by atoms with Gasteiger partial charge in [0.1, 0.15) is 11.9 Å². The average Bonchev–Trinajstić information content (AvgIpc) is 3.08. The number of para-hydroxylation sites is 1. The van der Waals surface area contributed by atoms with Gasteiger partial charge in [-0.05, 0) is 42.3 Å². The standard InChI is InChI=1S/C25H21FN2O3/c26-20-11-7-10-19(16-20)24(30)27(15-14-18-8-3-1-4-9-18)22-17-23(29)28(25(22)31)21-12-5-2-6-13-21/h1-13,16,22H,14-15,17H2. The van der Waals surface area contributed by atoms with E-state index in [1.165, 1.54) is 23.1 Å². The Kier molecular flexibility index (Phi) is 5.89. The Hall–Kier alpha value is -3.80. The van der Waals surface area contributed by atoms with E-state index < -0.39 is 23.7 Å². The van der Waals surface area contributed by atoms with E-state index in [0.29, 0.717) is 12.1 Å². The van der Waals surface area contributed by atoms with Gasteiger partial charge in [-0.3, -0.25) is 14.4 Å². The third kappa shape index (κ3) is 4.38. The number of hydrogen-bond donors (Lipinski definition) is 0. The molecular weight excluding hydrogens is 395 g/mol. The maximum Gasteiger partial charge on any atom is 0.257 e. The Morgan fingerprint density at radius 3 is 2.29 bits per heavy atom. The van der Waals surface area contributed by atoms with E-state index in [9.17, 15) is 18.8 Å². The van der Waals surface area contributed by atoms with Gasteiger partial charge in [0.25, 0.3) is 11.8 Å². The van der Waals surface area contributed by atoms with Crippen LogP contribution in [0.15, 0.2) is 84.9 Å². The lowest BCUT2D eigenvalue weighted by Crippen LogP contribution is -2.46. The highest BCUT2D eigenvalue weighted by atomic mass is 19.1. The predicted molar refractivity (Wildman–Crippen MR) is 115 cm³/mol. The second kappa shape index (κ2) is 8.92. The van der Waals surface area contributed by atoms with Crippen LogP contribution in [0, 0.1) is 5.82 Å². The molecule has 156 valence electrons. The van der Waals surface area contributed by atoms with Gasteiger partial charge < -0.3 is 4.90 Å². The summed E-state index contributed by atoms with van der Waals surface area (Å²) >= 11 is 0. The normalized spacial score (nSPS) is 15.9. The van der Waals surface area contributed by atoms with Crippen LogP contribution in [-0.2, 0) is 16.0 Å². The summed E-state index contributed by atoms with van der Waals surface area (Å²) in [6, 6.07) is 22.6. The van der Waals surface area contributed by atoms with E-state index >= 15 is 0 Å². The average molecular weight is 416 g/mol. The fraction of sp³-hybridized carbons (Fsp3) is 0.160. The molecule has 3 aromatic rings. The molecule has 3 amide bonds. The summed E-state index contributed by atoms with van der Waals surface area (Å²) in [5.74, 6) is -1.82. The van der Waals surface area contributed by atoms with Crippen molar-refractivity contribution in [3.63, 3.8) is 0 Å². The summed E-state index contributed by atoms with van der Waals surface area (Å²) in [7, 11) is 0. The molecular formula is C25H21FN2O3. The number of nitrogens with zero attached hydrogens (tertiary/aromatic N) is 2. The van der Waals surface area contributed by atoms with Gasteiger partial charge in [0, 0.05) is 12.1 Å². The maximum atomic E-state index is 13.7. The summed E-state index contributed by atoms with van der Waals surface area (Å²) in [5, 5.41) is 0. The summed E-state index contributed by atoms with van der Waals surface area (Å²) in [6.07, 6.45) is 0.398. The number of carbonyl (C=O) groups excluding carboxylic acids is 3. The number of anilines is 1. The molecule has 1 aliphatic rings. The summed E-state index contributed by atoms with van der Waals surface area (Å²) in [6.45, 7) is 0.228. The van der Waals surface area contributed by atoms with Crippen LogP contribution >= 0.6 is 0 Å². The zero-order chi connectivity index (χ0) is 21.8. The predicted octanol–water partition coefficient (Wildman–Crippen LogP) is 3.84. The second-order valence-electron chi connectivity index (χ2n) is 7.37. The zero-order valence-electron chi connectivity index (χ0n) is 16.8. The van der Waals surface area contributed by atoms with E-state index in [-0.39, 0.29) is 24.4 Å². The molecule has 31 heavy (non-hydrogen) atoms. The Bertz CT molecular complexity index is 1100. The third-order valence-electron chi connectivity index (χ3n) is 5.33. The first-order valence-corrected chi connectivity index (χ1v) is 10.1. The molecule has 1 aliphatic heterocycles. The minimum atomic E-state index is -0.938. The SMILES string of the molecule is O=C1CC(N(CCc2ccccc2)C(=O)c2cccc(F)c2)C(=O)N1c1ccccc1. The molecule has 0 spiro atoms. The van der Waals surface area contributed by atoms with Crippen molar-refractivity contribution in [2.75, 3.05) is 11.4 Å². The molecule has 1 atom stereocenters. The van der Waals surface area contributed by atoms with E-state index in [1.807, 2.05) is 30.3 Å². The first-order valence-electron chi connectivity index (χ1n) is 10.1. The number of benzene rings is 3. The molecule has 0 aliphatic carbocycles. The molecule has 1 fully saturated rings. The smallest absolute Gasteiger partial charge is 0.257 e. The first-order chi connectivity index (χ1) is 15.0. The first kappa shape index (κ1) is 20.5. The van der Waals surface area contributed by atoms with Gasteiger partial charge in [-0.1, -0.05) is 54.6 Å². The van der Waals surface area contributed by atoms with Gasteiger partial charge in [-0.15, -0.1) is 0 Å². The highest BCUT2D eigenvalue weighted by molar-refractivity contribution is 6.23. The fourth-order valence-electron chi connectivity index (χ4n) is 3.79. The molecule has 0 aromatic heterocycles. The molecule has 1 saturated heterocycles. The van der Waals surface area contributed by atoms with Crippen molar-refractivity contribution in [2.45, 2.75) is 18.9 Å². The van der Waals surface area contributed by atoms with Gasteiger partial charge in [0.2, 0.25) is 5.91 Å². The summed E-state index contributed by atoms with van der Waals surface area (Å²) < 4.78 is 13.7. The van der Waals surface area contributed by atoms with Gasteiger partial charge in [-0.25, -0.2) is 9.29 Å². The van der Waals surface area contributed by atoms with Crippen LogP contribution in [0.2, 0.25) is 0 Å². The van der Waals surface area contributed by atoms with Crippen molar-refractivity contribution in [3.05, 3.63) is 102 Å². The van der Waals surface area contributed by atoms with Crippen molar-refractivity contribution in [3.8, 4) is 0 Å². The largest absolute Gasteiger partial charge is 0.326 e. The monoisotopic (exact) mass is 416 g/mol. The summed E-state index contributed by atoms with van der Waals surface area (Å²) in [4.78, 5) is 41.7. The molecule has 5 nitrogen and oxygen atoms in total. The Morgan fingerprint density at radius 2 is 1.61 bits per heavy atom. The van der Waals surface area contributed by atoms with Crippen LogP contribution in [-0.4, -0.2) is 35.2 Å². The van der Waals surface area contributed by atoms with Crippen molar-refractivity contribution in [2.24, 2.45) is 0 Å². The van der Waals surface area contributed by atoms with Gasteiger partial charge in [0.15, 0.2) is 0 Å². The molecule has 0 bridgehead atoms. The molecule has 1 unspecified atom stereocenters. The quantitative estimate of drug-likeness (QED) is 0.574. The number of carbonyl (C=O) groups is 3. The maximum absolute atomic E-state index is 13.7. The van der Waals surface area contributed by atoms with Crippen LogP contribution in [0.1, 0.15) is 22.3 Å². The molecule has 6 heteroatoms. The lowest BCUT2D eigenvalue weighted by Gasteiger charge is -2.28. The molecule has 1 heterocycles. The molecule has 0 N–H and O–H groups in total.